The Balaban J connectivity index is 1.67. The predicted molar refractivity (Wildman–Crippen MR) is 111 cm³/mol. The van der Waals surface area contributed by atoms with E-state index in [1.54, 1.807) is 12.3 Å². The monoisotopic (exact) mass is 452 g/mol. The van der Waals surface area contributed by atoms with Crippen molar-refractivity contribution in [3.63, 3.8) is 0 Å². The average Bonchev–Trinajstić information content (AvgIpc) is 2.71. The van der Waals surface area contributed by atoms with Gasteiger partial charge in [0.05, 0.1) is 5.69 Å². The normalized spacial score (nSPS) is 10.7. The number of benzene rings is 3. The predicted octanol–water partition coefficient (Wildman–Crippen LogP) is 6.22. The zero-order valence-corrected chi connectivity index (χ0v) is 15.9. The van der Waals surface area contributed by atoms with Crippen LogP contribution in [0.3, 0.4) is 0 Å². The molecule has 3 aromatic carbocycles. The second-order valence-corrected chi connectivity index (χ2v) is 7.00. The van der Waals surface area contributed by atoms with Crippen LogP contribution in [-0.4, -0.2) is 9.97 Å². The molecule has 0 unspecified atom stereocenters. The summed E-state index contributed by atoms with van der Waals surface area (Å²) in [4.78, 5) is 8.90. The fourth-order valence-corrected chi connectivity index (χ4v) is 3.09. The van der Waals surface area contributed by atoms with E-state index in [1.807, 2.05) is 65.1 Å². The summed E-state index contributed by atoms with van der Waals surface area (Å²) in [6.45, 7) is 0. The Hall–Kier alpha value is -2.60. The molecule has 0 fully saturated rings. The molecule has 4 heteroatoms. The minimum Gasteiger partial charge on any atom is -0.237 e. The van der Waals surface area contributed by atoms with Crippen molar-refractivity contribution in [2.45, 2.75) is 0 Å². The van der Waals surface area contributed by atoms with Gasteiger partial charge in [0.25, 0.3) is 0 Å². The van der Waals surface area contributed by atoms with Crippen molar-refractivity contribution in [2.24, 2.45) is 0 Å². The smallest absolute Gasteiger partial charge is 0.159 e. The summed E-state index contributed by atoms with van der Waals surface area (Å²) >= 11 is 1.97. The quantitative estimate of drug-likeness (QED) is 0.345. The number of hydrogen-bond acceptors (Lipinski definition) is 2. The molecule has 0 amide bonds. The minimum absolute atomic E-state index is 0.260. The second-order valence-electron chi connectivity index (χ2n) is 5.84. The van der Waals surface area contributed by atoms with Crippen molar-refractivity contribution >= 4 is 22.6 Å². The summed E-state index contributed by atoms with van der Waals surface area (Å²) in [6.07, 6.45) is 1.71. The Labute approximate surface area is 164 Å². The van der Waals surface area contributed by atoms with Crippen molar-refractivity contribution in [3.8, 4) is 33.8 Å². The highest BCUT2D eigenvalue weighted by Crippen LogP contribution is 2.25. The minimum atomic E-state index is -0.260. The van der Waals surface area contributed by atoms with Crippen molar-refractivity contribution in [2.75, 3.05) is 0 Å². The standard InChI is InChI=1S/C22H14FIN2/c23-19-14-18(10-11-20(19)24)22-25-13-12-21(26-22)17-8-6-16(7-9-17)15-4-2-1-3-5-15/h1-14H. The second kappa shape index (κ2) is 7.33. The van der Waals surface area contributed by atoms with Gasteiger partial charge in [-0.1, -0.05) is 54.6 Å². The fourth-order valence-electron chi connectivity index (χ4n) is 2.76. The van der Waals surface area contributed by atoms with Gasteiger partial charge in [0.1, 0.15) is 5.82 Å². The number of halogens is 2. The van der Waals surface area contributed by atoms with Gasteiger partial charge in [-0.05, 0) is 58.0 Å². The summed E-state index contributed by atoms with van der Waals surface area (Å²) in [5.74, 6) is 0.259. The lowest BCUT2D eigenvalue weighted by atomic mass is 10.0. The van der Waals surface area contributed by atoms with E-state index in [2.05, 4.69) is 34.2 Å². The van der Waals surface area contributed by atoms with Crippen LogP contribution in [0.2, 0.25) is 0 Å². The zero-order chi connectivity index (χ0) is 17.9. The van der Waals surface area contributed by atoms with Crippen molar-refractivity contribution in [1.82, 2.24) is 9.97 Å². The average molecular weight is 452 g/mol. The summed E-state index contributed by atoms with van der Waals surface area (Å²) < 4.78 is 14.4. The highest BCUT2D eigenvalue weighted by atomic mass is 127. The molecule has 1 aromatic heterocycles. The van der Waals surface area contributed by atoms with E-state index in [4.69, 9.17) is 0 Å². The molecule has 4 aromatic rings. The molecule has 26 heavy (non-hydrogen) atoms. The zero-order valence-electron chi connectivity index (χ0n) is 13.7. The van der Waals surface area contributed by atoms with Gasteiger partial charge in [0.15, 0.2) is 5.82 Å². The van der Waals surface area contributed by atoms with Gasteiger partial charge >= 0.3 is 0 Å². The molecule has 4 rings (SSSR count). The Kier molecular flexibility index (Phi) is 4.75. The molecule has 0 N–H and O–H groups in total. The van der Waals surface area contributed by atoms with Gasteiger partial charge in [-0.2, -0.15) is 0 Å². The first-order valence-electron chi connectivity index (χ1n) is 8.15. The van der Waals surface area contributed by atoms with Crippen LogP contribution in [0.1, 0.15) is 0 Å². The van der Waals surface area contributed by atoms with Crippen molar-refractivity contribution < 1.29 is 4.39 Å². The van der Waals surface area contributed by atoms with E-state index in [-0.39, 0.29) is 5.82 Å². The van der Waals surface area contributed by atoms with Crippen LogP contribution >= 0.6 is 22.6 Å². The molecule has 0 aliphatic carbocycles. The largest absolute Gasteiger partial charge is 0.237 e. The third-order valence-corrected chi connectivity index (χ3v) is 5.00. The van der Waals surface area contributed by atoms with E-state index in [0.717, 1.165) is 16.8 Å². The molecule has 2 nitrogen and oxygen atoms in total. The first-order valence-corrected chi connectivity index (χ1v) is 9.23. The molecular formula is C22H14FIN2. The molecule has 0 saturated carbocycles. The third-order valence-electron chi connectivity index (χ3n) is 4.12. The molecule has 126 valence electrons. The van der Waals surface area contributed by atoms with Crippen LogP contribution < -0.4 is 0 Å². The highest BCUT2D eigenvalue weighted by Gasteiger charge is 2.08. The van der Waals surface area contributed by atoms with E-state index >= 15 is 0 Å². The van der Waals surface area contributed by atoms with Gasteiger partial charge in [-0.3, -0.25) is 0 Å². The van der Waals surface area contributed by atoms with Crippen LogP contribution in [0.15, 0.2) is 85.1 Å². The molecule has 0 aliphatic rings. The van der Waals surface area contributed by atoms with Crippen molar-refractivity contribution in [1.29, 1.82) is 0 Å². The van der Waals surface area contributed by atoms with E-state index in [9.17, 15) is 4.39 Å². The van der Waals surface area contributed by atoms with Gasteiger partial charge in [-0.15, -0.1) is 0 Å². The first-order chi connectivity index (χ1) is 12.7. The van der Waals surface area contributed by atoms with Crippen LogP contribution in [0.4, 0.5) is 4.39 Å². The van der Waals surface area contributed by atoms with Crippen LogP contribution in [0.25, 0.3) is 33.8 Å². The third kappa shape index (κ3) is 3.51. The van der Waals surface area contributed by atoms with Crippen LogP contribution in [0, 0.1) is 9.39 Å². The summed E-state index contributed by atoms with van der Waals surface area (Å²) in [6, 6.07) is 25.4. The molecular weight excluding hydrogens is 438 g/mol. The van der Waals surface area contributed by atoms with Gasteiger partial charge in [0.2, 0.25) is 0 Å². The Morgan fingerprint density at radius 1 is 0.692 bits per heavy atom. The Bertz CT molecular complexity index is 1050. The van der Waals surface area contributed by atoms with Crippen LogP contribution in [0.5, 0.6) is 0 Å². The molecule has 1 heterocycles. The van der Waals surface area contributed by atoms with E-state index < -0.39 is 0 Å². The van der Waals surface area contributed by atoms with Crippen LogP contribution in [-0.2, 0) is 0 Å². The summed E-state index contributed by atoms with van der Waals surface area (Å²) in [5, 5.41) is 0. The lowest BCUT2D eigenvalue weighted by molar-refractivity contribution is 0.620. The van der Waals surface area contributed by atoms with Gasteiger partial charge < -0.3 is 0 Å². The fraction of sp³-hybridized carbons (Fsp3) is 0. The molecule has 0 atom stereocenters. The number of aromatic nitrogens is 2. The number of rotatable bonds is 3. The maximum absolute atomic E-state index is 13.8. The van der Waals surface area contributed by atoms with E-state index in [0.29, 0.717) is 15.0 Å². The topological polar surface area (TPSA) is 25.8 Å². The molecule has 0 spiro atoms. The molecule has 0 bridgehead atoms. The summed E-state index contributed by atoms with van der Waals surface area (Å²) in [7, 11) is 0. The lowest BCUT2D eigenvalue weighted by Crippen LogP contribution is -1.93. The van der Waals surface area contributed by atoms with Gasteiger partial charge in [-0.25, -0.2) is 14.4 Å². The number of hydrogen-bond donors (Lipinski definition) is 0. The van der Waals surface area contributed by atoms with E-state index in [1.165, 1.54) is 11.6 Å². The lowest BCUT2D eigenvalue weighted by Gasteiger charge is -2.07. The highest BCUT2D eigenvalue weighted by molar-refractivity contribution is 14.1. The number of nitrogens with zero attached hydrogens (tertiary/aromatic N) is 2. The first kappa shape index (κ1) is 16.8. The maximum Gasteiger partial charge on any atom is 0.159 e. The van der Waals surface area contributed by atoms with Crippen molar-refractivity contribution in [3.05, 3.63) is 94.4 Å². The Morgan fingerprint density at radius 3 is 2.08 bits per heavy atom. The summed E-state index contributed by atoms with van der Waals surface area (Å²) in [5.41, 5.74) is 4.82. The molecule has 0 saturated heterocycles. The molecule has 0 aliphatic heterocycles. The maximum atomic E-state index is 13.8. The molecule has 0 radical (unpaired) electrons. The van der Waals surface area contributed by atoms with Gasteiger partial charge in [0, 0.05) is 20.9 Å². The SMILES string of the molecule is Fc1cc(-c2nccc(-c3ccc(-c4ccccc4)cc3)n2)ccc1I. The Morgan fingerprint density at radius 2 is 1.35 bits per heavy atom.